The van der Waals surface area contributed by atoms with Crippen LogP contribution < -0.4 is 10.2 Å². The molecule has 0 saturated carbocycles. The summed E-state index contributed by atoms with van der Waals surface area (Å²) in [7, 11) is 0. The number of benzene rings is 1. The van der Waals surface area contributed by atoms with Gasteiger partial charge in [-0.05, 0) is 56.7 Å². The van der Waals surface area contributed by atoms with Crippen molar-refractivity contribution < 1.29 is 23.5 Å². The van der Waals surface area contributed by atoms with Crippen LogP contribution in [0.4, 0.5) is 4.79 Å². The first-order valence-corrected chi connectivity index (χ1v) is 7.87. The summed E-state index contributed by atoms with van der Waals surface area (Å²) in [6, 6.07) is 10.1. The summed E-state index contributed by atoms with van der Waals surface area (Å²) < 4.78 is 15.4. The van der Waals surface area contributed by atoms with Gasteiger partial charge in [-0.2, -0.15) is 5.10 Å². The molecule has 0 atom stereocenters. The van der Waals surface area contributed by atoms with Crippen LogP contribution in [0.1, 0.15) is 32.1 Å². The minimum Gasteiger partial charge on any atom is -0.465 e. The average Bonchev–Trinajstić information content (AvgIpc) is 3.05. The zero-order chi connectivity index (χ0) is 19.0. The molecule has 7 heteroatoms. The molecule has 1 amide bonds. The fourth-order valence-electron chi connectivity index (χ4n) is 1.81. The second-order valence-electron chi connectivity index (χ2n) is 6.21. The summed E-state index contributed by atoms with van der Waals surface area (Å²) in [6.45, 7) is 5.28. The maximum absolute atomic E-state index is 11.8. The lowest BCUT2D eigenvalue weighted by Gasteiger charge is -2.18. The molecular weight excluding hydrogens is 336 g/mol. The van der Waals surface area contributed by atoms with Crippen LogP contribution in [0.5, 0.6) is 5.75 Å². The SMILES string of the molecule is CC(C)(C)OC(=O)N/N=C/c1cccc(OC(=O)/C=C\c2ccco2)c1. The van der Waals surface area contributed by atoms with Gasteiger partial charge in [-0.15, -0.1) is 0 Å². The standard InChI is InChI=1S/C19H20N2O5/c1-19(2,3)26-18(23)21-20-13-14-6-4-7-16(12-14)25-17(22)10-9-15-8-5-11-24-15/h4-13H,1-3H3,(H,21,23)/b10-9-,20-13+. The van der Waals surface area contributed by atoms with Gasteiger partial charge in [0.05, 0.1) is 12.5 Å². The van der Waals surface area contributed by atoms with Crippen LogP contribution in [0.2, 0.25) is 0 Å². The molecule has 0 radical (unpaired) electrons. The minimum atomic E-state index is -0.653. The zero-order valence-electron chi connectivity index (χ0n) is 14.8. The third-order valence-electron chi connectivity index (χ3n) is 2.77. The van der Waals surface area contributed by atoms with E-state index >= 15 is 0 Å². The molecular formula is C19H20N2O5. The van der Waals surface area contributed by atoms with Gasteiger partial charge < -0.3 is 13.9 Å². The van der Waals surface area contributed by atoms with Crippen LogP contribution in [0, 0.1) is 0 Å². The fraction of sp³-hybridized carbons (Fsp3) is 0.211. The number of furan rings is 1. The van der Waals surface area contributed by atoms with Gasteiger partial charge in [0.2, 0.25) is 0 Å². The van der Waals surface area contributed by atoms with Gasteiger partial charge in [-0.25, -0.2) is 15.0 Å². The van der Waals surface area contributed by atoms with E-state index in [0.717, 1.165) is 0 Å². The van der Waals surface area contributed by atoms with Crippen LogP contribution in [-0.4, -0.2) is 23.9 Å². The van der Waals surface area contributed by atoms with Crippen molar-refractivity contribution in [1.29, 1.82) is 0 Å². The van der Waals surface area contributed by atoms with E-state index in [1.54, 1.807) is 57.2 Å². The molecule has 0 fully saturated rings. The van der Waals surface area contributed by atoms with Gasteiger partial charge in [0, 0.05) is 6.08 Å². The highest BCUT2D eigenvalue weighted by Crippen LogP contribution is 2.13. The Morgan fingerprint density at radius 2 is 2.00 bits per heavy atom. The molecule has 1 aromatic heterocycles. The Morgan fingerprint density at radius 1 is 1.19 bits per heavy atom. The lowest BCUT2D eigenvalue weighted by molar-refractivity contribution is -0.128. The number of nitrogens with one attached hydrogen (secondary N) is 1. The van der Waals surface area contributed by atoms with Gasteiger partial charge in [0.15, 0.2) is 0 Å². The Kier molecular flexibility index (Phi) is 6.32. The molecule has 2 aromatic rings. The number of hydrazone groups is 1. The molecule has 136 valence electrons. The van der Waals surface area contributed by atoms with Crippen molar-refractivity contribution in [2.75, 3.05) is 0 Å². The Bertz CT molecular complexity index is 802. The first kappa shape index (κ1) is 19.0. The van der Waals surface area contributed by atoms with Gasteiger partial charge in [-0.1, -0.05) is 12.1 Å². The quantitative estimate of drug-likeness (QED) is 0.290. The third kappa shape index (κ3) is 7.04. The highest BCUT2D eigenvalue weighted by Gasteiger charge is 2.15. The summed E-state index contributed by atoms with van der Waals surface area (Å²) in [6.07, 6.45) is 5.06. The smallest absolute Gasteiger partial charge is 0.428 e. The number of rotatable bonds is 5. The normalized spacial score (nSPS) is 11.7. The van der Waals surface area contributed by atoms with Crippen molar-refractivity contribution >= 4 is 24.4 Å². The van der Waals surface area contributed by atoms with E-state index in [4.69, 9.17) is 13.9 Å². The lowest BCUT2D eigenvalue weighted by Crippen LogP contribution is -2.29. The first-order valence-electron chi connectivity index (χ1n) is 7.87. The van der Waals surface area contributed by atoms with Gasteiger partial charge in [0.25, 0.3) is 0 Å². The van der Waals surface area contributed by atoms with Crippen molar-refractivity contribution in [1.82, 2.24) is 5.43 Å². The molecule has 0 aliphatic carbocycles. The summed E-state index contributed by atoms with van der Waals surface area (Å²) in [5, 5.41) is 3.80. The van der Waals surface area contributed by atoms with Crippen LogP contribution in [0.15, 0.2) is 58.3 Å². The van der Waals surface area contributed by atoms with Crippen molar-refractivity contribution in [2.24, 2.45) is 5.10 Å². The summed E-state index contributed by atoms with van der Waals surface area (Å²) in [4.78, 5) is 23.3. The highest BCUT2D eigenvalue weighted by molar-refractivity contribution is 5.88. The van der Waals surface area contributed by atoms with Crippen molar-refractivity contribution in [3.8, 4) is 5.75 Å². The fourth-order valence-corrected chi connectivity index (χ4v) is 1.81. The number of hydrogen-bond acceptors (Lipinski definition) is 6. The van der Waals surface area contributed by atoms with Gasteiger partial charge in [0.1, 0.15) is 17.1 Å². The van der Waals surface area contributed by atoms with E-state index < -0.39 is 17.7 Å². The monoisotopic (exact) mass is 356 g/mol. The molecule has 7 nitrogen and oxygen atoms in total. The molecule has 2 rings (SSSR count). The van der Waals surface area contributed by atoms with Crippen molar-refractivity contribution in [3.63, 3.8) is 0 Å². The predicted molar refractivity (Wildman–Crippen MR) is 96.8 cm³/mol. The molecule has 0 unspecified atom stereocenters. The van der Waals surface area contributed by atoms with E-state index in [-0.39, 0.29) is 0 Å². The number of ether oxygens (including phenoxy) is 2. The maximum Gasteiger partial charge on any atom is 0.428 e. The number of nitrogens with zero attached hydrogens (tertiary/aromatic N) is 1. The van der Waals surface area contributed by atoms with E-state index in [2.05, 4.69) is 10.5 Å². The minimum absolute atomic E-state index is 0.348. The molecule has 0 bridgehead atoms. The molecule has 0 aliphatic rings. The number of esters is 1. The Morgan fingerprint density at radius 3 is 2.69 bits per heavy atom. The Hall–Kier alpha value is -3.35. The highest BCUT2D eigenvalue weighted by atomic mass is 16.6. The topological polar surface area (TPSA) is 90.1 Å². The summed E-state index contributed by atoms with van der Waals surface area (Å²) >= 11 is 0. The molecule has 1 aromatic carbocycles. The van der Waals surface area contributed by atoms with Gasteiger partial charge in [-0.3, -0.25) is 0 Å². The largest absolute Gasteiger partial charge is 0.465 e. The molecule has 26 heavy (non-hydrogen) atoms. The number of carbonyl (C=O) groups is 2. The summed E-state index contributed by atoms with van der Waals surface area (Å²) in [5.41, 5.74) is 2.30. The van der Waals surface area contributed by atoms with Crippen molar-refractivity contribution in [3.05, 3.63) is 60.1 Å². The van der Waals surface area contributed by atoms with Crippen molar-refractivity contribution in [2.45, 2.75) is 26.4 Å². The van der Waals surface area contributed by atoms with E-state index in [9.17, 15) is 9.59 Å². The average molecular weight is 356 g/mol. The zero-order valence-corrected chi connectivity index (χ0v) is 14.8. The van der Waals surface area contributed by atoms with Gasteiger partial charge >= 0.3 is 12.1 Å². The maximum atomic E-state index is 11.8. The Balaban J connectivity index is 1.90. The van der Waals surface area contributed by atoms with Crippen LogP contribution in [0.25, 0.3) is 6.08 Å². The van der Waals surface area contributed by atoms with Crippen LogP contribution in [0.3, 0.4) is 0 Å². The second kappa shape index (κ2) is 8.66. The summed E-state index contributed by atoms with van der Waals surface area (Å²) in [5.74, 6) is 0.360. The molecule has 0 saturated heterocycles. The molecule has 0 spiro atoms. The second-order valence-corrected chi connectivity index (χ2v) is 6.21. The Labute approximate surface area is 151 Å². The van der Waals surface area contributed by atoms with E-state index in [0.29, 0.717) is 17.1 Å². The third-order valence-corrected chi connectivity index (χ3v) is 2.77. The first-order chi connectivity index (χ1) is 12.3. The number of hydrogen-bond donors (Lipinski definition) is 1. The van der Waals surface area contributed by atoms with Crippen LogP contribution in [-0.2, 0) is 9.53 Å². The number of amides is 1. The van der Waals surface area contributed by atoms with E-state index in [1.165, 1.54) is 24.6 Å². The number of carbonyl (C=O) groups excluding carboxylic acids is 2. The molecule has 1 heterocycles. The molecule has 1 N–H and O–H groups in total. The predicted octanol–water partition coefficient (Wildman–Crippen LogP) is 3.76. The lowest BCUT2D eigenvalue weighted by atomic mass is 10.2. The molecule has 0 aliphatic heterocycles. The van der Waals surface area contributed by atoms with E-state index in [1.807, 2.05) is 0 Å². The van der Waals surface area contributed by atoms with Crippen LogP contribution >= 0.6 is 0 Å².